The van der Waals surface area contributed by atoms with Gasteiger partial charge in [0.25, 0.3) is 0 Å². The highest BCUT2D eigenvalue weighted by Gasteiger charge is 2.42. The van der Waals surface area contributed by atoms with Gasteiger partial charge in [-0.15, -0.1) is 0 Å². The molecular weight excluding hydrogens is 282 g/mol. The zero-order chi connectivity index (χ0) is 14.8. The van der Waals surface area contributed by atoms with Gasteiger partial charge in [0, 0.05) is 17.9 Å². The Labute approximate surface area is 130 Å². The van der Waals surface area contributed by atoms with Gasteiger partial charge in [-0.1, -0.05) is 18.2 Å². The van der Waals surface area contributed by atoms with Crippen LogP contribution in [0.4, 0.5) is 0 Å². The summed E-state index contributed by atoms with van der Waals surface area (Å²) in [6.07, 6.45) is 7.20. The van der Waals surface area contributed by atoms with Crippen molar-refractivity contribution in [2.45, 2.75) is 50.7 Å². The first-order chi connectivity index (χ1) is 10.1. The Morgan fingerprint density at radius 2 is 2.33 bits per heavy atom. The van der Waals surface area contributed by atoms with Gasteiger partial charge < -0.3 is 5.32 Å². The third kappa shape index (κ3) is 3.57. The summed E-state index contributed by atoms with van der Waals surface area (Å²) in [4.78, 5) is 20.6. The van der Waals surface area contributed by atoms with Gasteiger partial charge >= 0.3 is 0 Å². The number of nitrogens with zero attached hydrogens (tertiary/aromatic N) is 2. The smallest absolute Gasteiger partial charge is 0.230 e. The zero-order valence-electron chi connectivity index (χ0n) is 12.7. The number of hydrogen-bond donors (Lipinski definition) is 1. The lowest BCUT2D eigenvalue weighted by Crippen LogP contribution is -2.40. The van der Waals surface area contributed by atoms with Crippen LogP contribution in [0.25, 0.3) is 0 Å². The first-order valence-corrected chi connectivity index (χ1v) is 8.82. The molecule has 1 aromatic heterocycles. The van der Waals surface area contributed by atoms with Crippen molar-refractivity contribution < 1.29 is 4.79 Å². The molecule has 4 atom stereocenters. The zero-order valence-corrected chi connectivity index (χ0v) is 13.5. The minimum Gasteiger partial charge on any atom is -0.353 e. The third-order valence-corrected chi connectivity index (χ3v) is 5.79. The number of rotatable bonds is 5. The Morgan fingerprint density at radius 1 is 1.48 bits per heavy atom. The number of carbonyl (C=O) groups is 1. The molecule has 0 aliphatic heterocycles. The molecule has 5 heteroatoms. The monoisotopic (exact) mass is 305 g/mol. The van der Waals surface area contributed by atoms with Crippen molar-refractivity contribution in [1.82, 2.24) is 15.3 Å². The Hall–Kier alpha value is -1.10. The number of hydrogen-bond acceptors (Lipinski definition) is 4. The van der Waals surface area contributed by atoms with Crippen LogP contribution in [-0.2, 0) is 4.79 Å². The second kappa shape index (κ2) is 6.34. The van der Waals surface area contributed by atoms with E-state index >= 15 is 0 Å². The minimum absolute atomic E-state index is 0.0976. The SMILES string of the molecule is Cc1ccnc(SCC(=O)N[C@H](C)[C@@H]2C[C@H]3CC[C@H]2C3)n1. The van der Waals surface area contributed by atoms with E-state index in [0.29, 0.717) is 22.9 Å². The molecule has 2 aliphatic carbocycles. The van der Waals surface area contributed by atoms with Crippen molar-refractivity contribution in [3.05, 3.63) is 18.0 Å². The van der Waals surface area contributed by atoms with Crippen LogP contribution in [0.15, 0.2) is 17.4 Å². The Bertz CT molecular complexity index is 522. The average Bonchev–Trinajstić information content (AvgIpc) is 3.08. The number of nitrogens with one attached hydrogen (secondary N) is 1. The highest BCUT2D eigenvalue weighted by Crippen LogP contribution is 2.49. The van der Waals surface area contributed by atoms with E-state index in [0.717, 1.165) is 17.5 Å². The third-order valence-electron chi connectivity index (χ3n) is 4.93. The molecule has 0 radical (unpaired) electrons. The molecule has 1 amide bonds. The first kappa shape index (κ1) is 14.8. The van der Waals surface area contributed by atoms with E-state index in [1.54, 1.807) is 6.20 Å². The maximum absolute atomic E-state index is 12.1. The van der Waals surface area contributed by atoms with Crippen molar-refractivity contribution in [2.24, 2.45) is 17.8 Å². The van der Waals surface area contributed by atoms with Gasteiger partial charge in [-0.2, -0.15) is 0 Å². The van der Waals surface area contributed by atoms with Gasteiger partial charge in [-0.25, -0.2) is 9.97 Å². The van der Waals surface area contributed by atoms with Crippen molar-refractivity contribution >= 4 is 17.7 Å². The van der Waals surface area contributed by atoms with E-state index < -0.39 is 0 Å². The molecule has 0 spiro atoms. The molecule has 114 valence electrons. The summed E-state index contributed by atoms with van der Waals surface area (Å²) in [7, 11) is 0. The van der Waals surface area contributed by atoms with E-state index in [4.69, 9.17) is 0 Å². The molecule has 2 fully saturated rings. The van der Waals surface area contributed by atoms with E-state index in [-0.39, 0.29) is 5.91 Å². The van der Waals surface area contributed by atoms with Crippen LogP contribution in [0, 0.1) is 24.7 Å². The molecule has 0 unspecified atom stereocenters. The lowest BCUT2D eigenvalue weighted by Gasteiger charge is -2.28. The quantitative estimate of drug-likeness (QED) is 0.671. The normalized spacial score (nSPS) is 28.6. The molecule has 0 saturated heterocycles. The van der Waals surface area contributed by atoms with Crippen molar-refractivity contribution in [3.8, 4) is 0 Å². The maximum Gasteiger partial charge on any atom is 0.230 e. The number of fused-ring (bicyclic) bond motifs is 2. The van der Waals surface area contributed by atoms with E-state index in [2.05, 4.69) is 22.2 Å². The van der Waals surface area contributed by atoms with Crippen LogP contribution in [0.5, 0.6) is 0 Å². The maximum atomic E-state index is 12.1. The number of thioether (sulfide) groups is 1. The van der Waals surface area contributed by atoms with Crippen LogP contribution in [0.2, 0.25) is 0 Å². The molecule has 2 bridgehead atoms. The highest BCUT2D eigenvalue weighted by atomic mass is 32.2. The Morgan fingerprint density at radius 3 is 3.00 bits per heavy atom. The number of aryl methyl sites for hydroxylation is 1. The second-order valence-electron chi connectivity index (χ2n) is 6.46. The number of aromatic nitrogens is 2. The summed E-state index contributed by atoms with van der Waals surface area (Å²) in [5.41, 5.74) is 0.934. The molecule has 4 nitrogen and oxygen atoms in total. The van der Waals surface area contributed by atoms with Crippen LogP contribution >= 0.6 is 11.8 Å². The van der Waals surface area contributed by atoms with Gasteiger partial charge in [0.15, 0.2) is 5.16 Å². The first-order valence-electron chi connectivity index (χ1n) is 7.83. The molecule has 3 rings (SSSR count). The number of carbonyl (C=O) groups excluding carboxylic acids is 1. The summed E-state index contributed by atoms with van der Waals surface area (Å²) in [5.74, 6) is 2.95. The van der Waals surface area contributed by atoms with Crippen molar-refractivity contribution in [2.75, 3.05) is 5.75 Å². The summed E-state index contributed by atoms with van der Waals surface area (Å²) >= 11 is 1.41. The summed E-state index contributed by atoms with van der Waals surface area (Å²) in [6.45, 7) is 4.10. The fraction of sp³-hybridized carbons (Fsp3) is 0.688. The minimum atomic E-state index is 0.0976. The molecular formula is C16H23N3OS. The fourth-order valence-corrected chi connectivity index (χ4v) is 4.62. The lowest BCUT2D eigenvalue weighted by molar-refractivity contribution is -0.119. The standard InChI is InChI=1S/C16H23N3OS/c1-10-5-6-17-16(18-10)21-9-15(20)19-11(2)14-8-12-3-4-13(14)7-12/h5-6,11-14H,3-4,7-9H2,1-2H3,(H,19,20)/t11-,12+,13+,14+/m1/s1. The predicted molar refractivity (Wildman–Crippen MR) is 84.0 cm³/mol. The summed E-state index contributed by atoms with van der Waals surface area (Å²) in [6, 6.07) is 2.16. The van der Waals surface area contributed by atoms with Crippen LogP contribution in [0.1, 0.15) is 38.3 Å². The molecule has 2 aliphatic rings. The van der Waals surface area contributed by atoms with Crippen LogP contribution < -0.4 is 5.32 Å². The van der Waals surface area contributed by atoms with Crippen LogP contribution in [-0.4, -0.2) is 27.7 Å². The second-order valence-corrected chi connectivity index (χ2v) is 7.41. The number of amides is 1. The van der Waals surface area contributed by atoms with Gasteiger partial charge in [-0.3, -0.25) is 4.79 Å². The van der Waals surface area contributed by atoms with Gasteiger partial charge in [0.05, 0.1) is 5.75 Å². The average molecular weight is 305 g/mol. The van der Waals surface area contributed by atoms with Crippen LogP contribution in [0.3, 0.4) is 0 Å². The highest BCUT2D eigenvalue weighted by molar-refractivity contribution is 7.99. The predicted octanol–water partition coefficient (Wildman–Crippen LogP) is 2.82. The van der Waals surface area contributed by atoms with E-state index in [1.165, 1.54) is 37.4 Å². The van der Waals surface area contributed by atoms with Gasteiger partial charge in [0.2, 0.25) is 5.91 Å². The topological polar surface area (TPSA) is 54.9 Å². The Kier molecular flexibility index (Phi) is 4.48. The Balaban J connectivity index is 1.46. The van der Waals surface area contributed by atoms with Gasteiger partial charge in [-0.05, 0) is 56.9 Å². The fourth-order valence-electron chi connectivity index (χ4n) is 3.93. The van der Waals surface area contributed by atoms with E-state index in [9.17, 15) is 4.79 Å². The summed E-state index contributed by atoms with van der Waals surface area (Å²) in [5, 5.41) is 3.85. The molecule has 0 aromatic carbocycles. The molecule has 1 aromatic rings. The molecule has 1 N–H and O–H groups in total. The van der Waals surface area contributed by atoms with Gasteiger partial charge in [0.1, 0.15) is 0 Å². The largest absolute Gasteiger partial charge is 0.353 e. The lowest BCUT2D eigenvalue weighted by atomic mass is 9.84. The molecule has 2 saturated carbocycles. The van der Waals surface area contributed by atoms with E-state index in [1.807, 2.05) is 13.0 Å². The van der Waals surface area contributed by atoms with Crippen molar-refractivity contribution in [3.63, 3.8) is 0 Å². The molecule has 21 heavy (non-hydrogen) atoms. The molecule has 1 heterocycles. The summed E-state index contributed by atoms with van der Waals surface area (Å²) < 4.78 is 0. The van der Waals surface area contributed by atoms with Crippen molar-refractivity contribution in [1.29, 1.82) is 0 Å².